The molecule has 0 aromatic heterocycles. The summed E-state index contributed by atoms with van der Waals surface area (Å²) < 4.78 is 9.40. The number of rotatable bonds is 9. The second-order valence-corrected chi connectivity index (χ2v) is 4.97. The Kier molecular flexibility index (Phi) is 7.01. The van der Waals surface area contributed by atoms with Gasteiger partial charge in [-0.05, 0) is 6.42 Å². The maximum atomic E-state index is 11.4. The smallest absolute Gasteiger partial charge is 0.377 e. The van der Waals surface area contributed by atoms with Gasteiger partial charge in [0.2, 0.25) is 5.76 Å². The summed E-state index contributed by atoms with van der Waals surface area (Å²) in [7, 11) is 0. The number of carbonyl (C=O) groups is 2. The summed E-state index contributed by atoms with van der Waals surface area (Å²) in [6.45, 7) is 1.69. The molecule has 0 saturated heterocycles. The molecule has 2 atom stereocenters. The monoisotopic (exact) mass is 302 g/mol. The minimum Gasteiger partial charge on any atom is -0.505 e. The maximum absolute atomic E-state index is 11.4. The molecule has 1 aliphatic heterocycles. The lowest BCUT2D eigenvalue weighted by Crippen LogP contribution is -2.33. The number of cyclic esters (lactones) is 1. The molecule has 0 spiro atoms. The minimum atomic E-state index is -1.41. The van der Waals surface area contributed by atoms with E-state index in [0.29, 0.717) is 0 Å². The lowest BCUT2D eigenvalue weighted by molar-refractivity contribution is -0.154. The van der Waals surface area contributed by atoms with Crippen molar-refractivity contribution in [2.45, 2.75) is 57.7 Å². The van der Waals surface area contributed by atoms with E-state index < -0.39 is 42.3 Å². The van der Waals surface area contributed by atoms with Crippen LogP contribution in [-0.2, 0) is 19.1 Å². The fourth-order valence-electron chi connectivity index (χ4n) is 1.94. The number of hydrogen-bond donors (Lipinski definition) is 3. The molecule has 0 amide bonds. The Morgan fingerprint density at radius 1 is 1.29 bits per heavy atom. The Balaban J connectivity index is 2.23. The Hall–Kier alpha value is -1.76. The Labute approximate surface area is 123 Å². The highest BCUT2D eigenvalue weighted by Gasteiger charge is 2.39. The second-order valence-electron chi connectivity index (χ2n) is 4.97. The van der Waals surface area contributed by atoms with Crippen molar-refractivity contribution < 1.29 is 34.4 Å². The van der Waals surface area contributed by atoms with Gasteiger partial charge in [0, 0.05) is 6.42 Å². The molecule has 0 bridgehead atoms. The van der Waals surface area contributed by atoms with Crippen LogP contribution in [0.3, 0.4) is 0 Å². The summed E-state index contributed by atoms with van der Waals surface area (Å²) in [5.41, 5.74) is 0. The largest absolute Gasteiger partial charge is 0.505 e. The maximum Gasteiger partial charge on any atom is 0.377 e. The number of aliphatic hydroxyl groups excluding tert-OH is 3. The molecule has 0 aromatic carbocycles. The average Bonchev–Trinajstić information content (AvgIpc) is 2.72. The standard InChI is InChI=1S/C14H22O7/c1-2-3-4-5-6-7-10(16)20-8-9(15)13-11(17)12(18)14(19)21-13/h9,13,15,17-18H,2-8H2,1H3/t9-,13+/m0/s1. The summed E-state index contributed by atoms with van der Waals surface area (Å²) in [5, 5.41) is 28.1. The first-order valence-corrected chi connectivity index (χ1v) is 7.14. The number of carbonyl (C=O) groups excluding carboxylic acids is 2. The summed E-state index contributed by atoms with van der Waals surface area (Å²) in [5.74, 6) is -3.24. The summed E-state index contributed by atoms with van der Waals surface area (Å²) in [6, 6.07) is 0. The van der Waals surface area contributed by atoms with E-state index in [1.807, 2.05) is 0 Å². The Morgan fingerprint density at radius 2 is 1.95 bits per heavy atom. The van der Waals surface area contributed by atoms with Gasteiger partial charge < -0.3 is 24.8 Å². The molecule has 0 aromatic rings. The van der Waals surface area contributed by atoms with Crippen LogP contribution in [0, 0.1) is 0 Å². The molecule has 21 heavy (non-hydrogen) atoms. The molecule has 7 nitrogen and oxygen atoms in total. The van der Waals surface area contributed by atoms with Crippen molar-refractivity contribution in [3.05, 3.63) is 11.5 Å². The van der Waals surface area contributed by atoms with Crippen molar-refractivity contribution in [3.63, 3.8) is 0 Å². The van der Waals surface area contributed by atoms with Gasteiger partial charge >= 0.3 is 11.9 Å². The van der Waals surface area contributed by atoms with E-state index >= 15 is 0 Å². The molecule has 0 radical (unpaired) electrons. The summed E-state index contributed by atoms with van der Waals surface area (Å²) in [4.78, 5) is 22.4. The van der Waals surface area contributed by atoms with Gasteiger partial charge in [-0.3, -0.25) is 4.79 Å². The van der Waals surface area contributed by atoms with Crippen LogP contribution in [0.2, 0.25) is 0 Å². The van der Waals surface area contributed by atoms with Crippen LogP contribution in [0.1, 0.15) is 45.4 Å². The molecule has 1 aliphatic rings. The third-order valence-corrected chi connectivity index (χ3v) is 3.19. The van der Waals surface area contributed by atoms with E-state index in [-0.39, 0.29) is 6.42 Å². The number of esters is 2. The second kappa shape index (κ2) is 8.51. The molecule has 1 heterocycles. The van der Waals surface area contributed by atoms with Gasteiger partial charge in [-0.2, -0.15) is 0 Å². The fraction of sp³-hybridized carbons (Fsp3) is 0.714. The zero-order valence-electron chi connectivity index (χ0n) is 12.1. The molecular weight excluding hydrogens is 280 g/mol. The Bertz CT molecular complexity index is 402. The third kappa shape index (κ3) is 5.26. The van der Waals surface area contributed by atoms with Crippen molar-refractivity contribution in [1.29, 1.82) is 0 Å². The quantitative estimate of drug-likeness (QED) is 0.437. The van der Waals surface area contributed by atoms with Crippen molar-refractivity contribution in [1.82, 2.24) is 0 Å². The zero-order valence-corrected chi connectivity index (χ0v) is 12.1. The summed E-state index contributed by atoms with van der Waals surface area (Å²) in [6.07, 6.45) is 2.45. The normalized spacial score (nSPS) is 19.5. The van der Waals surface area contributed by atoms with E-state index in [2.05, 4.69) is 11.7 Å². The molecule has 1 rings (SSSR count). The topological polar surface area (TPSA) is 113 Å². The van der Waals surface area contributed by atoms with Crippen molar-refractivity contribution in [2.75, 3.05) is 6.61 Å². The number of hydrogen-bond acceptors (Lipinski definition) is 7. The Morgan fingerprint density at radius 3 is 2.52 bits per heavy atom. The summed E-state index contributed by atoms with van der Waals surface area (Å²) >= 11 is 0. The van der Waals surface area contributed by atoms with Crippen LogP contribution < -0.4 is 0 Å². The van der Waals surface area contributed by atoms with Crippen molar-refractivity contribution >= 4 is 11.9 Å². The first-order chi connectivity index (χ1) is 9.97. The van der Waals surface area contributed by atoms with Crippen LogP contribution in [0.5, 0.6) is 0 Å². The fourth-order valence-corrected chi connectivity index (χ4v) is 1.94. The lowest BCUT2D eigenvalue weighted by atomic mass is 10.1. The van der Waals surface area contributed by atoms with E-state index in [9.17, 15) is 19.8 Å². The highest BCUT2D eigenvalue weighted by molar-refractivity contribution is 5.89. The van der Waals surface area contributed by atoms with Gasteiger partial charge in [-0.25, -0.2) is 4.79 Å². The van der Waals surface area contributed by atoms with Gasteiger partial charge in [-0.1, -0.05) is 32.6 Å². The first kappa shape index (κ1) is 17.3. The van der Waals surface area contributed by atoms with Crippen LogP contribution in [0.4, 0.5) is 0 Å². The van der Waals surface area contributed by atoms with Crippen molar-refractivity contribution in [2.24, 2.45) is 0 Å². The zero-order chi connectivity index (χ0) is 15.8. The highest BCUT2D eigenvalue weighted by Crippen LogP contribution is 2.21. The van der Waals surface area contributed by atoms with Crippen LogP contribution in [0.15, 0.2) is 11.5 Å². The minimum absolute atomic E-state index is 0.258. The molecule has 120 valence electrons. The van der Waals surface area contributed by atoms with Crippen LogP contribution in [-0.4, -0.2) is 46.1 Å². The molecular formula is C14H22O7. The van der Waals surface area contributed by atoms with Gasteiger partial charge in [0.15, 0.2) is 11.9 Å². The first-order valence-electron chi connectivity index (χ1n) is 7.14. The SMILES string of the molecule is CCCCCCCC(=O)OC[C@H](O)[C@H]1OC(=O)C(O)=C1O. The number of ether oxygens (including phenoxy) is 2. The molecule has 0 fully saturated rings. The predicted octanol–water partition coefficient (Wildman–Crippen LogP) is 1.50. The van der Waals surface area contributed by atoms with Crippen LogP contribution in [0.25, 0.3) is 0 Å². The predicted molar refractivity (Wildman–Crippen MR) is 72.5 cm³/mol. The molecule has 3 N–H and O–H groups in total. The van der Waals surface area contributed by atoms with Gasteiger partial charge in [0.05, 0.1) is 0 Å². The number of aliphatic hydroxyl groups is 3. The van der Waals surface area contributed by atoms with Gasteiger partial charge in [0.25, 0.3) is 0 Å². The molecule has 0 unspecified atom stereocenters. The van der Waals surface area contributed by atoms with E-state index in [1.54, 1.807) is 0 Å². The van der Waals surface area contributed by atoms with Gasteiger partial charge in [-0.15, -0.1) is 0 Å². The average molecular weight is 302 g/mol. The number of unbranched alkanes of at least 4 members (excludes halogenated alkanes) is 4. The van der Waals surface area contributed by atoms with Crippen molar-refractivity contribution in [3.8, 4) is 0 Å². The molecule has 7 heteroatoms. The van der Waals surface area contributed by atoms with Crippen LogP contribution >= 0.6 is 0 Å². The van der Waals surface area contributed by atoms with E-state index in [0.717, 1.165) is 32.1 Å². The van der Waals surface area contributed by atoms with Gasteiger partial charge in [0.1, 0.15) is 12.7 Å². The highest BCUT2D eigenvalue weighted by atomic mass is 16.6. The molecule has 0 aliphatic carbocycles. The lowest BCUT2D eigenvalue weighted by Gasteiger charge is -2.17. The van der Waals surface area contributed by atoms with E-state index in [1.165, 1.54) is 0 Å². The molecule has 0 saturated carbocycles. The third-order valence-electron chi connectivity index (χ3n) is 3.19. The van der Waals surface area contributed by atoms with E-state index in [4.69, 9.17) is 9.84 Å².